The number of hydrogen-bond acceptors (Lipinski definition) is 3. The van der Waals surface area contributed by atoms with Gasteiger partial charge in [-0.2, -0.15) is 0 Å². The maximum absolute atomic E-state index is 11.9. The lowest BCUT2D eigenvalue weighted by molar-refractivity contribution is -0.123. The molecular formula is C21H31N3O2. The molecule has 2 aliphatic rings. The summed E-state index contributed by atoms with van der Waals surface area (Å²) in [5.41, 5.74) is 2.47. The smallest absolute Gasteiger partial charge is 0.223 e. The van der Waals surface area contributed by atoms with Gasteiger partial charge in [-0.05, 0) is 56.3 Å². The van der Waals surface area contributed by atoms with Gasteiger partial charge in [0.2, 0.25) is 11.8 Å². The number of piperidine rings is 1. The minimum Gasteiger partial charge on any atom is -0.356 e. The van der Waals surface area contributed by atoms with Crippen molar-refractivity contribution < 1.29 is 9.59 Å². The van der Waals surface area contributed by atoms with Crippen LogP contribution < -0.4 is 10.6 Å². The highest BCUT2D eigenvalue weighted by Crippen LogP contribution is 2.28. The zero-order valence-electron chi connectivity index (χ0n) is 15.6. The van der Waals surface area contributed by atoms with Crippen LogP contribution in [0.4, 0.5) is 0 Å². The van der Waals surface area contributed by atoms with Crippen LogP contribution in [0.25, 0.3) is 0 Å². The third kappa shape index (κ3) is 6.45. The van der Waals surface area contributed by atoms with E-state index in [-0.39, 0.29) is 17.7 Å². The van der Waals surface area contributed by atoms with Crippen molar-refractivity contribution in [3.63, 3.8) is 0 Å². The summed E-state index contributed by atoms with van der Waals surface area (Å²) < 4.78 is 0. The van der Waals surface area contributed by atoms with Gasteiger partial charge in [0.05, 0.1) is 0 Å². The van der Waals surface area contributed by atoms with Gasteiger partial charge in [-0.1, -0.05) is 30.7 Å². The van der Waals surface area contributed by atoms with Crippen LogP contribution in [0.3, 0.4) is 0 Å². The molecule has 2 amide bonds. The van der Waals surface area contributed by atoms with Crippen LogP contribution in [0.1, 0.15) is 56.1 Å². The average molecular weight is 357 g/mol. The number of rotatable bonds is 9. The van der Waals surface area contributed by atoms with E-state index in [4.69, 9.17) is 0 Å². The summed E-state index contributed by atoms with van der Waals surface area (Å²) in [5, 5.41) is 5.85. The first-order valence-corrected chi connectivity index (χ1v) is 10.1. The molecular weight excluding hydrogens is 326 g/mol. The molecule has 2 fully saturated rings. The van der Waals surface area contributed by atoms with Crippen LogP contribution in [0, 0.1) is 5.92 Å². The highest BCUT2D eigenvalue weighted by molar-refractivity contribution is 5.81. The van der Waals surface area contributed by atoms with E-state index in [0.717, 1.165) is 24.9 Å². The highest BCUT2D eigenvalue weighted by atomic mass is 16.2. The maximum Gasteiger partial charge on any atom is 0.223 e. The lowest BCUT2D eigenvalue weighted by Gasteiger charge is -2.26. The van der Waals surface area contributed by atoms with Gasteiger partial charge in [-0.3, -0.25) is 14.5 Å². The summed E-state index contributed by atoms with van der Waals surface area (Å²) in [4.78, 5) is 25.9. The number of carbonyl (C=O) groups excluding carboxylic acids is 2. The molecule has 1 aliphatic carbocycles. The number of likely N-dealkylation sites (tertiary alicyclic amines) is 1. The second kappa shape index (κ2) is 9.72. The first-order valence-electron chi connectivity index (χ1n) is 10.1. The van der Waals surface area contributed by atoms with E-state index in [2.05, 4.69) is 39.8 Å². The van der Waals surface area contributed by atoms with Crippen molar-refractivity contribution in [1.29, 1.82) is 0 Å². The minimum atomic E-state index is 0.0445. The zero-order valence-corrected chi connectivity index (χ0v) is 15.6. The molecule has 0 radical (unpaired) electrons. The number of carbonyl (C=O) groups is 2. The molecule has 2 N–H and O–H groups in total. The van der Waals surface area contributed by atoms with Gasteiger partial charge in [0.15, 0.2) is 0 Å². The number of hydrogen-bond donors (Lipinski definition) is 2. The summed E-state index contributed by atoms with van der Waals surface area (Å²) in [6.45, 7) is 4.60. The summed E-state index contributed by atoms with van der Waals surface area (Å²) in [6, 6.07) is 8.55. The Hall–Kier alpha value is -1.88. The molecule has 1 aromatic rings. The van der Waals surface area contributed by atoms with Gasteiger partial charge in [0, 0.05) is 32.0 Å². The predicted octanol–water partition coefficient (Wildman–Crippen LogP) is 2.60. The molecule has 5 nitrogen and oxygen atoms in total. The summed E-state index contributed by atoms with van der Waals surface area (Å²) >= 11 is 0. The Morgan fingerprint density at radius 1 is 0.962 bits per heavy atom. The van der Waals surface area contributed by atoms with Crippen LogP contribution in [0.2, 0.25) is 0 Å². The summed E-state index contributed by atoms with van der Waals surface area (Å²) in [6.07, 6.45) is 7.17. The lowest BCUT2D eigenvalue weighted by Crippen LogP contribution is -2.29. The van der Waals surface area contributed by atoms with E-state index in [1.165, 1.54) is 37.9 Å². The SMILES string of the molecule is O=C(CCCNC(=O)C1CC1)NCc1ccc(CN2CCCCC2)cc1. The van der Waals surface area contributed by atoms with Gasteiger partial charge < -0.3 is 10.6 Å². The molecule has 0 atom stereocenters. The highest BCUT2D eigenvalue weighted by Gasteiger charge is 2.28. The molecule has 0 spiro atoms. The number of nitrogens with zero attached hydrogens (tertiary/aromatic N) is 1. The molecule has 1 heterocycles. The standard InChI is InChI=1S/C21H31N3O2/c25-20(5-4-12-22-21(26)19-10-11-19)23-15-17-6-8-18(9-7-17)16-24-13-2-1-3-14-24/h6-9,19H,1-5,10-16H2,(H,22,26)(H,23,25). The van der Waals surface area contributed by atoms with Crippen molar-refractivity contribution in [2.24, 2.45) is 5.92 Å². The summed E-state index contributed by atoms with van der Waals surface area (Å²) in [5.74, 6) is 0.430. The molecule has 5 heteroatoms. The van der Waals surface area contributed by atoms with Gasteiger partial charge in [0.1, 0.15) is 0 Å². The Bertz CT molecular complexity index is 590. The van der Waals surface area contributed by atoms with E-state index in [1.54, 1.807) is 0 Å². The summed E-state index contributed by atoms with van der Waals surface area (Å²) in [7, 11) is 0. The number of benzene rings is 1. The van der Waals surface area contributed by atoms with E-state index in [1.807, 2.05) is 0 Å². The molecule has 0 bridgehead atoms. The van der Waals surface area contributed by atoms with Gasteiger partial charge in [-0.25, -0.2) is 0 Å². The molecule has 1 saturated heterocycles. The van der Waals surface area contributed by atoms with Crippen LogP contribution in [0.15, 0.2) is 24.3 Å². The van der Waals surface area contributed by atoms with Crippen molar-refractivity contribution >= 4 is 11.8 Å². The van der Waals surface area contributed by atoms with Crippen molar-refractivity contribution in [3.05, 3.63) is 35.4 Å². The topological polar surface area (TPSA) is 61.4 Å². The largest absolute Gasteiger partial charge is 0.356 e. The Balaban J connectivity index is 1.29. The Morgan fingerprint density at radius 2 is 1.65 bits per heavy atom. The fourth-order valence-corrected chi connectivity index (χ4v) is 3.38. The molecule has 1 saturated carbocycles. The molecule has 1 aliphatic heterocycles. The second-order valence-electron chi connectivity index (χ2n) is 7.60. The van der Waals surface area contributed by atoms with E-state index in [9.17, 15) is 9.59 Å². The fraction of sp³-hybridized carbons (Fsp3) is 0.619. The van der Waals surface area contributed by atoms with Crippen LogP contribution in [-0.2, 0) is 22.7 Å². The number of nitrogens with one attached hydrogen (secondary N) is 2. The van der Waals surface area contributed by atoms with Crippen molar-refractivity contribution in [2.75, 3.05) is 19.6 Å². The average Bonchev–Trinajstić information content (AvgIpc) is 3.51. The number of amides is 2. The van der Waals surface area contributed by atoms with E-state index in [0.29, 0.717) is 25.9 Å². The Morgan fingerprint density at radius 3 is 2.35 bits per heavy atom. The van der Waals surface area contributed by atoms with Gasteiger partial charge >= 0.3 is 0 Å². The molecule has 0 aromatic heterocycles. The van der Waals surface area contributed by atoms with Crippen LogP contribution in [0.5, 0.6) is 0 Å². The van der Waals surface area contributed by atoms with Crippen molar-refractivity contribution in [1.82, 2.24) is 15.5 Å². The molecule has 3 rings (SSSR count). The van der Waals surface area contributed by atoms with E-state index >= 15 is 0 Å². The molecule has 1 aromatic carbocycles. The first-order chi connectivity index (χ1) is 12.7. The lowest BCUT2D eigenvalue weighted by atomic mass is 10.1. The molecule has 142 valence electrons. The first kappa shape index (κ1) is 18.9. The van der Waals surface area contributed by atoms with Crippen LogP contribution >= 0.6 is 0 Å². The minimum absolute atomic E-state index is 0.0445. The Kier molecular flexibility index (Phi) is 7.06. The monoisotopic (exact) mass is 357 g/mol. The van der Waals surface area contributed by atoms with Gasteiger partial charge in [0.25, 0.3) is 0 Å². The third-order valence-electron chi connectivity index (χ3n) is 5.20. The van der Waals surface area contributed by atoms with Crippen molar-refractivity contribution in [3.8, 4) is 0 Å². The molecule has 0 unspecified atom stereocenters. The van der Waals surface area contributed by atoms with Gasteiger partial charge in [-0.15, -0.1) is 0 Å². The van der Waals surface area contributed by atoms with Crippen LogP contribution in [-0.4, -0.2) is 36.3 Å². The van der Waals surface area contributed by atoms with Crippen molar-refractivity contribution in [2.45, 2.75) is 58.0 Å². The molecule has 26 heavy (non-hydrogen) atoms. The van der Waals surface area contributed by atoms with E-state index < -0.39 is 0 Å². The second-order valence-corrected chi connectivity index (χ2v) is 7.60. The predicted molar refractivity (Wildman–Crippen MR) is 102 cm³/mol. The third-order valence-corrected chi connectivity index (χ3v) is 5.20. The normalized spacial score (nSPS) is 17.7. The fourth-order valence-electron chi connectivity index (χ4n) is 3.38. The zero-order chi connectivity index (χ0) is 18.2. The Labute approximate surface area is 156 Å². The quantitative estimate of drug-likeness (QED) is 0.668. The maximum atomic E-state index is 11.9.